The maximum absolute atomic E-state index is 11.6. The fourth-order valence-electron chi connectivity index (χ4n) is 3.06. The number of nitrogens with zero attached hydrogens (tertiary/aromatic N) is 1. The molecule has 2 aliphatic rings. The zero-order valence-corrected chi connectivity index (χ0v) is 10.9. The third-order valence-corrected chi connectivity index (χ3v) is 4.45. The summed E-state index contributed by atoms with van der Waals surface area (Å²) in [6.45, 7) is 4.01. The number of hydrogen-bond donors (Lipinski definition) is 1. The molecule has 0 amide bonds. The van der Waals surface area contributed by atoms with Gasteiger partial charge in [0.25, 0.3) is 0 Å². The molecule has 17 heavy (non-hydrogen) atoms. The Labute approximate surface area is 103 Å². The molecule has 1 heterocycles. The molecule has 1 saturated carbocycles. The number of hydrogen-bond acceptors (Lipinski definition) is 4. The first-order valence-corrected chi connectivity index (χ1v) is 6.69. The van der Waals surface area contributed by atoms with E-state index in [1.54, 1.807) is 0 Å². The minimum absolute atomic E-state index is 0.0359. The van der Waals surface area contributed by atoms with E-state index in [-0.39, 0.29) is 17.9 Å². The summed E-state index contributed by atoms with van der Waals surface area (Å²) in [6, 6.07) is 0.664. The van der Waals surface area contributed by atoms with Gasteiger partial charge in [0.2, 0.25) is 0 Å². The minimum atomic E-state index is -0.106. The van der Waals surface area contributed by atoms with Gasteiger partial charge in [0.15, 0.2) is 0 Å². The third kappa shape index (κ3) is 2.80. The van der Waals surface area contributed by atoms with E-state index in [0.29, 0.717) is 6.04 Å². The lowest BCUT2D eigenvalue weighted by Crippen LogP contribution is -2.54. The highest BCUT2D eigenvalue weighted by atomic mass is 16.5. The van der Waals surface area contributed by atoms with Crippen LogP contribution in [0, 0.1) is 11.8 Å². The summed E-state index contributed by atoms with van der Waals surface area (Å²) in [4.78, 5) is 14.0. The zero-order valence-electron chi connectivity index (χ0n) is 10.9. The normalized spacial score (nSPS) is 32.9. The summed E-state index contributed by atoms with van der Waals surface area (Å²) in [5.74, 6) is 0.663. The summed E-state index contributed by atoms with van der Waals surface area (Å²) in [5, 5.41) is 0. The SMILES string of the molecule is COC(=O)C1CC(N)CN(C(C)C2CCC2)C1. The molecule has 4 nitrogen and oxygen atoms in total. The van der Waals surface area contributed by atoms with Gasteiger partial charge in [-0.15, -0.1) is 0 Å². The Morgan fingerprint density at radius 2 is 2.12 bits per heavy atom. The number of ether oxygens (including phenoxy) is 1. The molecule has 0 spiro atoms. The van der Waals surface area contributed by atoms with Crippen LogP contribution in [-0.2, 0) is 9.53 Å². The van der Waals surface area contributed by atoms with E-state index < -0.39 is 0 Å². The van der Waals surface area contributed by atoms with Gasteiger partial charge in [0.05, 0.1) is 13.0 Å². The molecule has 3 atom stereocenters. The van der Waals surface area contributed by atoms with Crippen molar-refractivity contribution in [2.24, 2.45) is 17.6 Å². The van der Waals surface area contributed by atoms with Crippen LogP contribution in [0.2, 0.25) is 0 Å². The molecular formula is C13H24N2O2. The minimum Gasteiger partial charge on any atom is -0.469 e. The maximum atomic E-state index is 11.6. The lowest BCUT2D eigenvalue weighted by atomic mass is 9.78. The number of likely N-dealkylation sites (tertiary alicyclic amines) is 1. The van der Waals surface area contributed by atoms with Gasteiger partial charge in [-0.05, 0) is 32.1 Å². The molecule has 0 aromatic rings. The summed E-state index contributed by atoms with van der Waals surface area (Å²) in [7, 11) is 1.46. The van der Waals surface area contributed by atoms with E-state index in [4.69, 9.17) is 10.5 Å². The molecule has 98 valence electrons. The van der Waals surface area contributed by atoms with E-state index in [2.05, 4.69) is 11.8 Å². The maximum Gasteiger partial charge on any atom is 0.310 e. The van der Waals surface area contributed by atoms with Crippen LogP contribution in [0.5, 0.6) is 0 Å². The first kappa shape index (κ1) is 12.8. The number of methoxy groups -OCH3 is 1. The summed E-state index contributed by atoms with van der Waals surface area (Å²) < 4.78 is 4.85. The average molecular weight is 240 g/mol. The molecule has 4 heteroatoms. The number of nitrogens with two attached hydrogens (primary N) is 1. The third-order valence-electron chi connectivity index (χ3n) is 4.45. The monoisotopic (exact) mass is 240 g/mol. The second-order valence-corrected chi connectivity index (χ2v) is 5.60. The van der Waals surface area contributed by atoms with Gasteiger partial charge in [0, 0.05) is 25.2 Å². The van der Waals surface area contributed by atoms with E-state index in [1.165, 1.54) is 26.4 Å². The molecule has 1 saturated heterocycles. The molecule has 2 fully saturated rings. The van der Waals surface area contributed by atoms with Crippen LogP contribution in [0.15, 0.2) is 0 Å². The highest BCUT2D eigenvalue weighted by Crippen LogP contribution is 2.33. The van der Waals surface area contributed by atoms with Crippen molar-refractivity contribution in [3.8, 4) is 0 Å². The molecule has 1 aliphatic carbocycles. The van der Waals surface area contributed by atoms with Crippen LogP contribution < -0.4 is 5.73 Å². The number of carbonyl (C=O) groups excluding carboxylic acids is 1. The van der Waals surface area contributed by atoms with Gasteiger partial charge in [0.1, 0.15) is 0 Å². The summed E-state index contributed by atoms with van der Waals surface area (Å²) in [5.41, 5.74) is 6.06. The van der Waals surface area contributed by atoms with Crippen molar-refractivity contribution < 1.29 is 9.53 Å². The van der Waals surface area contributed by atoms with Gasteiger partial charge in [-0.1, -0.05) is 6.42 Å². The van der Waals surface area contributed by atoms with Crippen molar-refractivity contribution in [3.63, 3.8) is 0 Å². The average Bonchev–Trinajstić information content (AvgIpc) is 2.24. The number of carbonyl (C=O) groups is 1. The molecule has 0 aromatic heterocycles. The van der Waals surface area contributed by atoms with Crippen LogP contribution in [0.4, 0.5) is 0 Å². The Hall–Kier alpha value is -0.610. The number of piperidine rings is 1. The molecule has 3 unspecified atom stereocenters. The molecule has 0 radical (unpaired) electrons. The van der Waals surface area contributed by atoms with Gasteiger partial charge in [-0.3, -0.25) is 9.69 Å². The number of esters is 1. The van der Waals surface area contributed by atoms with Crippen LogP contribution in [0.1, 0.15) is 32.6 Å². The largest absolute Gasteiger partial charge is 0.469 e. The Morgan fingerprint density at radius 1 is 1.41 bits per heavy atom. The van der Waals surface area contributed by atoms with E-state index in [1.807, 2.05) is 0 Å². The lowest BCUT2D eigenvalue weighted by Gasteiger charge is -2.44. The second-order valence-electron chi connectivity index (χ2n) is 5.60. The zero-order chi connectivity index (χ0) is 12.4. The van der Waals surface area contributed by atoms with Gasteiger partial charge in [-0.2, -0.15) is 0 Å². The molecule has 0 aromatic carbocycles. The first-order chi connectivity index (χ1) is 8.11. The van der Waals surface area contributed by atoms with Crippen molar-refractivity contribution in [2.75, 3.05) is 20.2 Å². The second kappa shape index (κ2) is 5.36. The van der Waals surface area contributed by atoms with Gasteiger partial charge >= 0.3 is 5.97 Å². The van der Waals surface area contributed by atoms with Crippen LogP contribution >= 0.6 is 0 Å². The summed E-state index contributed by atoms with van der Waals surface area (Å²) in [6.07, 6.45) is 4.78. The van der Waals surface area contributed by atoms with E-state index >= 15 is 0 Å². The Bertz CT molecular complexity index is 279. The molecule has 1 aliphatic heterocycles. The first-order valence-electron chi connectivity index (χ1n) is 6.69. The lowest BCUT2D eigenvalue weighted by molar-refractivity contribution is -0.148. The molecular weight excluding hydrogens is 216 g/mol. The Balaban J connectivity index is 1.95. The van der Waals surface area contributed by atoms with Gasteiger partial charge in [-0.25, -0.2) is 0 Å². The fraction of sp³-hybridized carbons (Fsp3) is 0.923. The highest BCUT2D eigenvalue weighted by molar-refractivity contribution is 5.72. The number of rotatable bonds is 3. The van der Waals surface area contributed by atoms with Crippen molar-refractivity contribution >= 4 is 5.97 Å². The van der Waals surface area contributed by atoms with Crippen molar-refractivity contribution in [3.05, 3.63) is 0 Å². The standard InChI is InChI=1S/C13H24N2O2/c1-9(10-4-3-5-10)15-7-11(13(16)17-2)6-12(14)8-15/h9-12H,3-8,14H2,1-2H3. The van der Waals surface area contributed by atoms with Crippen molar-refractivity contribution in [1.82, 2.24) is 4.90 Å². The quantitative estimate of drug-likeness (QED) is 0.748. The van der Waals surface area contributed by atoms with Crippen molar-refractivity contribution in [2.45, 2.75) is 44.7 Å². The summed E-state index contributed by atoms with van der Waals surface area (Å²) >= 11 is 0. The van der Waals surface area contributed by atoms with Crippen LogP contribution in [0.25, 0.3) is 0 Å². The predicted molar refractivity (Wildman–Crippen MR) is 66.5 cm³/mol. The predicted octanol–water partition coefficient (Wildman–Crippen LogP) is 0.997. The molecule has 2 N–H and O–H groups in total. The van der Waals surface area contributed by atoms with E-state index in [0.717, 1.165) is 25.4 Å². The topological polar surface area (TPSA) is 55.6 Å². The van der Waals surface area contributed by atoms with Crippen molar-refractivity contribution in [1.29, 1.82) is 0 Å². The highest BCUT2D eigenvalue weighted by Gasteiger charge is 2.36. The Kier molecular flexibility index (Phi) is 4.05. The van der Waals surface area contributed by atoms with Crippen LogP contribution in [0.3, 0.4) is 0 Å². The molecule has 2 rings (SSSR count). The van der Waals surface area contributed by atoms with Gasteiger partial charge < -0.3 is 10.5 Å². The van der Waals surface area contributed by atoms with E-state index in [9.17, 15) is 4.79 Å². The smallest absolute Gasteiger partial charge is 0.310 e. The molecule has 0 bridgehead atoms. The fourth-order valence-corrected chi connectivity index (χ4v) is 3.06. The van der Waals surface area contributed by atoms with Crippen LogP contribution in [-0.4, -0.2) is 43.2 Å². The Morgan fingerprint density at radius 3 is 2.65 bits per heavy atom.